The quantitative estimate of drug-likeness (QED) is 0.0458. The monoisotopic (exact) mass is 1650 g/mol. The number of aryl methyl sites for hydroxylation is 5. The number of pyridine rings is 1. The average molecular weight is 1650 g/mol. The maximum atomic E-state index is 14.1. The summed E-state index contributed by atoms with van der Waals surface area (Å²) in [5, 5.41) is 30.9. The Bertz CT molecular complexity index is 7500. The first-order valence-electron chi connectivity index (χ1n) is 38.8. The molecule has 3 atom stereocenters. The molecule has 38 heteroatoms. The van der Waals surface area contributed by atoms with Gasteiger partial charge in [-0.1, -0.05) is 53.7 Å². The largest absolute Gasteiger partial charge is 0.381 e. The van der Waals surface area contributed by atoms with Gasteiger partial charge in [-0.05, 0) is 94.4 Å². The summed E-state index contributed by atoms with van der Waals surface area (Å²) in [5.74, 6) is 18.5. The van der Waals surface area contributed by atoms with Crippen LogP contribution < -0.4 is 49.8 Å². The average Bonchev–Trinajstić information content (AvgIpc) is 0.889. The van der Waals surface area contributed by atoms with E-state index < -0.39 is 35.8 Å². The fraction of sp³-hybridized carbons (Fsp3) is 0.174. The molecule has 12 N–H and O–H groups in total. The Kier molecular flexibility index (Phi) is 22.7. The zero-order valence-corrected chi connectivity index (χ0v) is 67.3. The van der Waals surface area contributed by atoms with Crippen molar-refractivity contribution in [1.29, 1.82) is 0 Å². The number of carbonyl (C=O) groups is 3. The number of anilines is 3. The Labute approximate surface area is 702 Å². The molecule has 0 saturated heterocycles. The zero-order valence-electron chi connectivity index (χ0n) is 67.3. The number of aromatic nitrogens is 26. The lowest BCUT2D eigenvalue weighted by molar-refractivity contribution is 0.0931. The lowest BCUT2D eigenvalue weighted by Crippen LogP contribution is -2.34. The van der Waals surface area contributed by atoms with Crippen LogP contribution >= 0.6 is 0 Å². The molecule has 15 heterocycles. The summed E-state index contributed by atoms with van der Waals surface area (Å²) in [6.45, 7) is 8.11. The summed E-state index contributed by atoms with van der Waals surface area (Å²) >= 11 is 0. The molecule has 0 aliphatic heterocycles. The minimum absolute atomic E-state index is 0.0494. The maximum absolute atomic E-state index is 14.1. The SMILES string of the molecule is C[C@H](NC(=O)c1c(N)nn2cccnc12)c1nc2cccc(C#Cc3cccnc3)c2c(=O)n1CCc1cnc[nH]1.C[C@H](NC(=O)c1c(N)nn2cccnc12)c1nc2cccc(C#Cc3cnn(C)c3)c2c(=O)n1CCc1cnc[nH]1.Cc1c(C#Cc2cccc3nc([C@H](C)NC(=O)c4c(N)nn5cccnc45)n(CCc4cnc[nH]4)c(=O)c23)cnn1C. The number of nitrogen functional groups attached to an aromatic ring is 3. The standard InChI is InChI=1S/C29H27N11O2.C29H24N10O2.C28H25N11O2/c1-17(35-28(41)24-25(30)37-40-12-5-11-32-27(24)40)26-36-22-7-4-6-19(8-9-20-14-34-38(3)18(20)2)23(22)29(42)39(26)13-10-21-15-31-16-33-21;1-18(35-28(40)24-25(30)37-39-13-4-12-33-27(24)39)26-36-22-7-2-6-20(9-8-19-5-3-11-31-15-19)23(22)29(41)38(26)14-10-21-16-32-17-34-21;1-17(34-27(40)23-24(29)36-39-11-4-10-31-26(23)39)25-35-21-6-3-5-19(8-7-18-13-33-37(2)15-18)22(21)28(41)38(25)12-9-20-14-30-16-32-20/h4-7,11-12,14-17H,10,13H2,1-3H3,(H2,30,37)(H,31,33)(H,35,41);2-7,11-13,15-18H,10,14H2,1H3,(H2,30,37)(H,32,34)(H,35,40);3-6,10-11,13-17H,9,12H2,1-2H3,(H2,29,36)(H,30,32)(H,34,40)/t17-;18-;17-/m000/s1. The van der Waals surface area contributed by atoms with Crippen molar-refractivity contribution in [3.8, 4) is 35.5 Å². The Hall–Kier alpha value is -17.4. The van der Waals surface area contributed by atoms with Crippen molar-refractivity contribution < 1.29 is 14.4 Å². The van der Waals surface area contributed by atoms with Crippen LogP contribution in [0.2, 0.25) is 0 Å². The molecule has 0 aliphatic rings. The van der Waals surface area contributed by atoms with Gasteiger partial charge in [0.15, 0.2) is 34.4 Å². The number of nitrogens with two attached hydrogens (primary N) is 3. The topological polar surface area (TPSA) is 495 Å². The van der Waals surface area contributed by atoms with Gasteiger partial charge in [-0.25, -0.2) is 58.4 Å². The van der Waals surface area contributed by atoms with Gasteiger partial charge in [-0.2, -0.15) is 10.2 Å². The van der Waals surface area contributed by atoms with E-state index in [-0.39, 0.29) is 50.8 Å². The Morgan fingerprint density at radius 3 is 1.15 bits per heavy atom. The van der Waals surface area contributed by atoms with Crippen LogP contribution in [0.25, 0.3) is 49.7 Å². The first kappa shape index (κ1) is 80.4. The van der Waals surface area contributed by atoms with Gasteiger partial charge in [-0.3, -0.25) is 56.8 Å². The van der Waals surface area contributed by atoms with E-state index in [0.29, 0.717) is 123 Å². The Morgan fingerprint density at radius 1 is 0.427 bits per heavy atom. The molecule has 0 bridgehead atoms. The molecule has 3 amide bonds. The number of benzene rings is 3. The minimum atomic E-state index is -0.665. The molecule has 0 spiro atoms. The van der Waals surface area contributed by atoms with E-state index in [9.17, 15) is 28.8 Å². The Morgan fingerprint density at radius 2 is 0.806 bits per heavy atom. The van der Waals surface area contributed by atoms with Crippen molar-refractivity contribution >= 4 is 84.8 Å². The van der Waals surface area contributed by atoms with Crippen molar-refractivity contribution in [2.45, 2.75) is 84.7 Å². The second-order valence-corrected chi connectivity index (χ2v) is 28.6. The molecule has 0 radical (unpaired) electrons. The molecule has 0 aliphatic carbocycles. The fourth-order valence-electron chi connectivity index (χ4n) is 14.1. The van der Waals surface area contributed by atoms with Gasteiger partial charge in [0.25, 0.3) is 34.4 Å². The number of fused-ring (bicyclic) bond motifs is 6. The number of rotatable bonds is 18. The van der Waals surface area contributed by atoms with Crippen LogP contribution in [0.15, 0.2) is 205 Å². The minimum Gasteiger partial charge on any atom is -0.381 e. The molecule has 3 aromatic carbocycles. The number of aromatic amines is 3. The molecule has 0 unspecified atom stereocenters. The summed E-state index contributed by atoms with van der Waals surface area (Å²) in [7, 11) is 3.66. The number of hydrogen-bond donors (Lipinski definition) is 9. The van der Waals surface area contributed by atoms with E-state index in [4.69, 9.17) is 32.2 Å². The fourth-order valence-corrected chi connectivity index (χ4v) is 14.1. The number of hydrogen-bond acceptors (Lipinski definition) is 24. The lowest BCUT2D eigenvalue weighted by Gasteiger charge is -2.20. The van der Waals surface area contributed by atoms with Gasteiger partial charge in [0.1, 0.15) is 34.2 Å². The molecule has 124 heavy (non-hydrogen) atoms. The third-order valence-electron chi connectivity index (χ3n) is 20.3. The van der Waals surface area contributed by atoms with E-state index in [2.05, 4.69) is 127 Å². The van der Waals surface area contributed by atoms with Crippen LogP contribution in [-0.2, 0) is 53.0 Å². The lowest BCUT2D eigenvalue weighted by atomic mass is 10.1. The van der Waals surface area contributed by atoms with E-state index in [0.717, 1.165) is 39.5 Å². The van der Waals surface area contributed by atoms with Crippen LogP contribution in [0.3, 0.4) is 0 Å². The maximum Gasteiger partial charge on any atom is 0.262 e. The van der Waals surface area contributed by atoms with Crippen molar-refractivity contribution in [2.24, 2.45) is 14.1 Å². The number of H-pyrrole nitrogens is 3. The van der Waals surface area contributed by atoms with E-state index in [1.165, 1.54) is 13.5 Å². The van der Waals surface area contributed by atoms with E-state index in [1.54, 1.807) is 222 Å². The molecule has 616 valence electrons. The highest BCUT2D eigenvalue weighted by molar-refractivity contribution is 6.06. The number of imidazole rings is 3. The normalized spacial score (nSPS) is 11.8. The summed E-state index contributed by atoms with van der Waals surface area (Å²) < 4.78 is 12.5. The van der Waals surface area contributed by atoms with Gasteiger partial charge in [0.2, 0.25) is 0 Å². The van der Waals surface area contributed by atoms with Crippen LogP contribution in [0, 0.1) is 42.4 Å². The van der Waals surface area contributed by atoms with E-state index in [1.807, 2.05) is 33.2 Å². The molecule has 0 saturated carbocycles. The predicted octanol–water partition coefficient (Wildman–Crippen LogP) is 5.80. The predicted molar refractivity (Wildman–Crippen MR) is 458 cm³/mol. The third-order valence-corrected chi connectivity index (χ3v) is 20.3. The highest BCUT2D eigenvalue weighted by Crippen LogP contribution is 2.26. The molecule has 0 fully saturated rings. The first-order valence-corrected chi connectivity index (χ1v) is 38.8. The van der Waals surface area contributed by atoms with Crippen LogP contribution in [0.4, 0.5) is 17.5 Å². The summed E-state index contributed by atoms with van der Waals surface area (Å²) in [4.78, 5) is 135. The van der Waals surface area contributed by atoms with Gasteiger partial charge >= 0.3 is 0 Å². The number of nitrogens with one attached hydrogen (secondary N) is 6. The van der Waals surface area contributed by atoms with Crippen molar-refractivity contribution in [3.05, 3.63) is 312 Å². The first-order chi connectivity index (χ1) is 60.2. The molecular formula is C86H76N32O6. The second kappa shape index (κ2) is 35.1. The zero-order chi connectivity index (χ0) is 86.2. The summed E-state index contributed by atoms with van der Waals surface area (Å²) in [6.07, 6.45) is 29.5. The van der Waals surface area contributed by atoms with Gasteiger partial charge in [-0.15, -0.1) is 15.3 Å². The van der Waals surface area contributed by atoms with Crippen molar-refractivity contribution in [3.63, 3.8) is 0 Å². The number of amides is 3. The van der Waals surface area contributed by atoms with Crippen LogP contribution in [0.1, 0.15) is 144 Å². The highest BCUT2D eigenvalue weighted by atomic mass is 16.2. The molecule has 38 nitrogen and oxygen atoms in total. The van der Waals surface area contributed by atoms with Crippen molar-refractivity contribution in [2.75, 3.05) is 17.2 Å². The highest BCUT2D eigenvalue weighted by Gasteiger charge is 2.29. The molecular weight excluding hydrogens is 1580 g/mol. The summed E-state index contributed by atoms with van der Waals surface area (Å²) in [5.41, 5.74) is 27.6. The molecule has 18 rings (SSSR count). The third kappa shape index (κ3) is 16.8. The van der Waals surface area contributed by atoms with Gasteiger partial charge in [0, 0.05) is 167 Å². The molecule has 15 aromatic heterocycles. The van der Waals surface area contributed by atoms with Gasteiger partial charge in [0.05, 0.1) is 99.0 Å². The van der Waals surface area contributed by atoms with Crippen LogP contribution in [-0.4, -0.2) is 145 Å². The second-order valence-electron chi connectivity index (χ2n) is 28.6. The van der Waals surface area contributed by atoms with Crippen molar-refractivity contribution in [1.82, 2.24) is 143 Å². The number of carbonyl (C=O) groups excluding carboxylic acids is 3. The van der Waals surface area contributed by atoms with Crippen LogP contribution in [0.5, 0.6) is 0 Å². The summed E-state index contributed by atoms with van der Waals surface area (Å²) in [6, 6.07) is 22.8. The van der Waals surface area contributed by atoms with E-state index >= 15 is 0 Å². The van der Waals surface area contributed by atoms with Gasteiger partial charge < -0.3 is 48.1 Å². The number of nitrogens with zero attached hydrogens (tertiary/aromatic N) is 23. The molecule has 18 aromatic rings. The Balaban J connectivity index is 0.000000137. The smallest absolute Gasteiger partial charge is 0.262 e.